The van der Waals surface area contributed by atoms with Crippen molar-refractivity contribution in [2.75, 3.05) is 7.05 Å². The predicted molar refractivity (Wildman–Crippen MR) is 74.1 cm³/mol. The summed E-state index contributed by atoms with van der Waals surface area (Å²) in [6.45, 7) is 2.11. The topological polar surface area (TPSA) is 37.8 Å². The van der Waals surface area contributed by atoms with Crippen molar-refractivity contribution in [1.29, 1.82) is 0 Å². The number of halogens is 1. The van der Waals surface area contributed by atoms with Gasteiger partial charge < -0.3 is 5.32 Å². The fourth-order valence-corrected chi connectivity index (χ4v) is 3.69. The molecule has 0 spiro atoms. The number of hydrogen-bond donors (Lipinski definition) is 1. The van der Waals surface area contributed by atoms with E-state index in [4.69, 9.17) is 11.6 Å². The molecule has 2 rings (SSSR count). The Balaban J connectivity index is 2.16. The van der Waals surface area contributed by atoms with Gasteiger partial charge in [-0.25, -0.2) is 0 Å². The van der Waals surface area contributed by atoms with Gasteiger partial charge >= 0.3 is 0 Å². The number of aryl methyl sites for hydroxylation is 1. The van der Waals surface area contributed by atoms with Gasteiger partial charge in [-0.05, 0) is 37.1 Å². The van der Waals surface area contributed by atoms with Crippen molar-refractivity contribution in [1.82, 2.24) is 14.9 Å². The third-order valence-corrected chi connectivity index (χ3v) is 4.75. The molecule has 0 amide bonds. The lowest BCUT2D eigenvalue weighted by atomic mass is 10.1. The zero-order valence-corrected chi connectivity index (χ0v) is 12.1. The van der Waals surface area contributed by atoms with Gasteiger partial charge in [0, 0.05) is 17.3 Å². The van der Waals surface area contributed by atoms with Crippen molar-refractivity contribution >= 4 is 34.5 Å². The van der Waals surface area contributed by atoms with Crippen LogP contribution in [0.5, 0.6) is 0 Å². The molecule has 0 aromatic carbocycles. The number of nitrogens with one attached hydrogen (secondary N) is 1. The lowest BCUT2D eigenvalue weighted by molar-refractivity contribution is 0.600. The average Bonchev–Trinajstić information content (AvgIpc) is 2.94. The molecular weight excluding hydrogens is 274 g/mol. The molecule has 0 aliphatic rings. The standard InChI is InChI=1S/C11H14ClN3S2/c1-3-8-11(17-15-14-8)9(13-2)6-7-4-5-10(12)16-7/h4-5,9,13H,3,6H2,1-2H3. The van der Waals surface area contributed by atoms with E-state index in [1.807, 2.05) is 13.1 Å². The van der Waals surface area contributed by atoms with Gasteiger partial charge in [0.25, 0.3) is 0 Å². The van der Waals surface area contributed by atoms with Crippen LogP contribution in [-0.2, 0) is 12.8 Å². The van der Waals surface area contributed by atoms with Crippen LogP contribution in [0.2, 0.25) is 4.34 Å². The summed E-state index contributed by atoms with van der Waals surface area (Å²) in [6.07, 6.45) is 1.86. The normalized spacial score (nSPS) is 12.9. The largest absolute Gasteiger partial charge is 0.312 e. The molecule has 2 aromatic heterocycles. The van der Waals surface area contributed by atoms with Crippen LogP contribution in [0, 0.1) is 0 Å². The maximum absolute atomic E-state index is 5.95. The first-order chi connectivity index (χ1) is 8.24. The Labute approximate surface area is 114 Å². The van der Waals surface area contributed by atoms with Gasteiger partial charge in [0.2, 0.25) is 0 Å². The van der Waals surface area contributed by atoms with Crippen molar-refractivity contribution in [2.24, 2.45) is 0 Å². The van der Waals surface area contributed by atoms with Crippen molar-refractivity contribution < 1.29 is 0 Å². The van der Waals surface area contributed by atoms with Gasteiger partial charge in [0.15, 0.2) is 0 Å². The number of thiophene rings is 1. The quantitative estimate of drug-likeness (QED) is 0.917. The fraction of sp³-hybridized carbons (Fsp3) is 0.455. The van der Waals surface area contributed by atoms with E-state index in [-0.39, 0.29) is 6.04 Å². The highest BCUT2D eigenvalue weighted by Gasteiger charge is 2.18. The van der Waals surface area contributed by atoms with Gasteiger partial charge in [0.1, 0.15) is 0 Å². The van der Waals surface area contributed by atoms with Crippen LogP contribution in [0.4, 0.5) is 0 Å². The van der Waals surface area contributed by atoms with E-state index in [1.165, 1.54) is 21.3 Å². The van der Waals surface area contributed by atoms with E-state index in [9.17, 15) is 0 Å². The number of likely N-dealkylation sites (N-methyl/N-ethyl adjacent to an activating group) is 1. The summed E-state index contributed by atoms with van der Waals surface area (Å²) in [6, 6.07) is 4.30. The predicted octanol–water partition coefficient (Wildman–Crippen LogP) is 3.32. The molecule has 0 fully saturated rings. The molecule has 2 aromatic rings. The minimum Gasteiger partial charge on any atom is -0.312 e. The Bertz CT molecular complexity index is 481. The Morgan fingerprint density at radius 3 is 2.88 bits per heavy atom. The molecule has 0 bridgehead atoms. The van der Waals surface area contributed by atoms with Crippen molar-refractivity contribution in [3.05, 3.63) is 31.9 Å². The third kappa shape index (κ3) is 3.04. The zero-order chi connectivity index (χ0) is 12.3. The SMILES string of the molecule is CCc1nnsc1C(Cc1ccc(Cl)s1)NC. The van der Waals surface area contributed by atoms with Crippen LogP contribution < -0.4 is 5.32 Å². The highest BCUT2D eigenvalue weighted by molar-refractivity contribution is 7.16. The zero-order valence-electron chi connectivity index (χ0n) is 9.74. The Morgan fingerprint density at radius 2 is 2.29 bits per heavy atom. The van der Waals surface area contributed by atoms with Crippen LogP contribution >= 0.6 is 34.5 Å². The monoisotopic (exact) mass is 287 g/mol. The molecule has 0 saturated carbocycles. The number of aromatic nitrogens is 2. The number of hydrogen-bond acceptors (Lipinski definition) is 5. The van der Waals surface area contributed by atoms with Gasteiger partial charge in [-0.1, -0.05) is 23.0 Å². The van der Waals surface area contributed by atoms with Crippen molar-refractivity contribution in [3.8, 4) is 0 Å². The molecule has 1 unspecified atom stereocenters. The lowest BCUT2D eigenvalue weighted by Gasteiger charge is -2.13. The van der Waals surface area contributed by atoms with E-state index < -0.39 is 0 Å². The maximum atomic E-state index is 5.95. The van der Waals surface area contributed by atoms with E-state index in [2.05, 4.69) is 27.9 Å². The lowest BCUT2D eigenvalue weighted by Crippen LogP contribution is -2.18. The van der Waals surface area contributed by atoms with Crippen molar-refractivity contribution in [3.63, 3.8) is 0 Å². The summed E-state index contributed by atoms with van der Waals surface area (Å²) in [4.78, 5) is 2.52. The highest BCUT2D eigenvalue weighted by Crippen LogP contribution is 2.29. The molecule has 1 N–H and O–H groups in total. The summed E-state index contributed by atoms with van der Waals surface area (Å²) in [5.41, 5.74) is 1.09. The van der Waals surface area contributed by atoms with Crippen LogP contribution in [0.3, 0.4) is 0 Å². The molecule has 92 valence electrons. The second-order valence-electron chi connectivity index (χ2n) is 3.69. The molecule has 0 aliphatic heterocycles. The second kappa shape index (κ2) is 5.91. The van der Waals surface area contributed by atoms with Gasteiger partial charge in [-0.15, -0.1) is 16.4 Å². The molecule has 17 heavy (non-hydrogen) atoms. The van der Waals surface area contributed by atoms with E-state index in [0.717, 1.165) is 22.9 Å². The molecule has 1 atom stereocenters. The minimum atomic E-state index is 0.277. The van der Waals surface area contributed by atoms with Crippen LogP contribution in [0.25, 0.3) is 0 Å². The molecule has 2 heterocycles. The number of nitrogens with zero attached hydrogens (tertiary/aromatic N) is 2. The molecule has 6 heteroatoms. The first kappa shape index (κ1) is 13.0. The van der Waals surface area contributed by atoms with E-state index >= 15 is 0 Å². The maximum Gasteiger partial charge on any atom is 0.0931 e. The summed E-state index contributed by atoms with van der Waals surface area (Å²) < 4.78 is 4.88. The smallest absolute Gasteiger partial charge is 0.0931 e. The summed E-state index contributed by atoms with van der Waals surface area (Å²) in [5.74, 6) is 0. The van der Waals surface area contributed by atoms with Crippen LogP contribution in [0.15, 0.2) is 12.1 Å². The van der Waals surface area contributed by atoms with Gasteiger partial charge in [-0.2, -0.15) is 0 Å². The Hall–Kier alpha value is -0.490. The Kier molecular flexibility index (Phi) is 4.50. The fourth-order valence-electron chi connectivity index (χ4n) is 1.71. The first-order valence-corrected chi connectivity index (χ1v) is 7.44. The third-order valence-electron chi connectivity index (χ3n) is 2.62. The summed E-state index contributed by atoms with van der Waals surface area (Å²) >= 11 is 9.06. The van der Waals surface area contributed by atoms with Gasteiger partial charge in [0.05, 0.1) is 14.9 Å². The van der Waals surface area contributed by atoms with Crippen LogP contribution in [-0.4, -0.2) is 16.6 Å². The molecule has 0 radical (unpaired) electrons. The average molecular weight is 288 g/mol. The summed E-state index contributed by atoms with van der Waals surface area (Å²) in [5, 5.41) is 7.49. The molecule has 0 saturated heterocycles. The summed E-state index contributed by atoms with van der Waals surface area (Å²) in [7, 11) is 1.97. The Morgan fingerprint density at radius 1 is 1.47 bits per heavy atom. The van der Waals surface area contributed by atoms with Crippen LogP contribution in [0.1, 0.15) is 28.4 Å². The molecule has 3 nitrogen and oxygen atoms in total. The van der Waals surface area contributed by atoms with Crippen molar-refractivity contribution in [2.45, 2.75) is 25.8 Å². The van der Waals surface area contributed by atoms with E-state index in [1.54, 1.807) is 11.3 Å². The molecule has 0 aliphatic carbocycles. The first-order valence-electron chi connectivity index (χ1n) is 5.47. The molecular formula is C11H14ClN3S2. The second-order valence-corrected chi connectivity index (χ2v) is 6.27. The highest BCUT2D eigenvalue weighted by atomic mass is 35.5. The minimum absolute atomic E-state index is 0.277. The van der Waals surface area contributed by atoms with Gasteiger partial charge in [-0.3, -0.25) is 0 Å². The number of rotatable bonds is 5. The van der Waals surface area contributed by atoms with E-state index in [0.29, 0.717) is 0 Å².